The Labute approximate surface area is 114 Å². The second-order valence-electron chi connectivity index (χ2n) is 4.55. The molecule has 0 fully saturated rings. The molecule has 1 aromatic carbocycles. The quantitative estimate of drug-likeness (QED) is 0.869. The van der Waals surface area contributed by atoms with E-state index in [-0.39, 0.29) is 0 Å². The smallest absolute Gasteiger partial charge is 0.0789 e. The summed E-state index contributed by atoms with van der Waals surface area (Å²) in [4.78, 5) is 2.26. The van der Waals surface area contributed by atoms with Crippen LogP contribution in [-0.4, -0.2) is 48.3 Å². The minimum Gasteiger partial charge on any atom is -0.390 e. The van der Waals surface area contributed by atoms with Gasteiger partial charge in [0.1, 0.15) is 0 Å². The average Bonchev–Trinajstić information content (AvgIpc) is 2.39. The van der Waals surface area contributed by atoms with Crippen LogP contribution in [0.2, 0.25) is 0 Å². The van der Waals surface area contributed by atoms with Gasteiger partial charge in [-0.25, -0.2) is 0 Å². The Morgan fingerprint density at radius 1 is 1.33 bits per heavy atom. The lowest BCUT2D eigenvalue weighted by atomic mass is 10.00. The van der Waals surface area contributed by atoms with Gasteiger partial charge in [-0.05, 0) is 30.1 Å². The van der Waals surface area contributed by atoms with E-state index in [0.717, 1.165) is 19.5 Å². The van der Waals surface area contributed by atoms with Crippen LogP contribution in [0.1, 0.15) is 11.1 Å². The van der Waals surface area contributed by atoms with E-state index < -0.39 is 6.10 Å². The number of thioether (sulfide) groups is 1. The molecule has 0 aromatic heterocycles. The first-order valence-corrected chi connectivity index (χ1v) is 7.92. The highest BCUT2D eigenvalue weighted by atomic mass is 32.2. The van der Waals surface area contributed by atoms with Gasteiger partial charge in [-0.1, -0.05) is 24.3 Å². The van der Waals surface area contributed by atoms with Gasteiger partial charge >= 0.3 is 0 Å². The summed E-state index contributed by atoms with van der Waals surface area (Å²) >= 11 is 1.75. The highest BCUT2D eigenvalue weighted by Crippen LogP contribution is 2.18. The number of aliphatic hydroxyl groups excluding tert-OH is 1. The molecule has 0 amide bonds. The summed E-state index contributed by atoms with van der Waals surface area (Å²) in [6.07, 6.45) is 4.77. The number of nitrogens with two attached hydrogens (primary N) is 1. The standard InChI is InChI=1S/C12H18N2O.C2H6S/c13-7-12(15)9-14-6-5-10-3-1-2-4-11(10)8-14;1-3-2/h1-4,12,15H,5-9,13H2;1-2H3. The molecule has 1 unspecified atom stereocenters. The molecule has 3 N–H and O–H groups in total. The van der Waals surface area contributed by atoms with Gasteiger partial charge in [0, 0.05) is 26.2 Å². The zero-order chi connectivity index (χ0) is 13.4. The van der Waals surface area contributed by atoms with Crippen LogP contribution in [0.25, 0.3) is 0 Å². The van der Waals surface area contributed by atoms with Gasteiger partial charge in [-0.2, -0.15) is 11.8 Å². The minimum absolute atomic E-state index is 0.345. The molecule has 4 heteroatoms. The van der Waals surface area contributed by atoms with Crippen LogP contribution >= 0.6 is 11.8 Å². The Morgan fingerprint density at radius 2 is 1.94 bits per heavy atom. The molecule has 1 atom stereocenters. The fourth-order valence-electron chi connectivity index (χ4n) is 2.08. The molecule has 0 radical (unpaired) electrons. The number of β-amino-alcohol motifs (C(OH)–C–C–N with tert-alkyl or cyclic N) is 1. The summed E-state index contributed by atoms with van der Waals surface area (Å²) in [6.45, 7) is 2.99. The average molecular weight is 268 g/mol. The van der Waals surface area contributed by atoms with Gasteiger partial charge in [0.05, 0.1) is 6.10 Å². The van der Waals surface area contributed by atoms with Crippen molar-refractivity contribution in [2.75, 3.05) is 32.1 Å². The SMILES string of the molecule is CSC.NCC(O)CN1CCc2ccccc2C1. The van der Waals surface area contributed by atoms with Crippen molar-refractivity contribution in [1.82, 2.24) is 4.90 Å². The number of benzene rings is 1. The molecular formula is C14H24N2OS. The normalized spacial score (nSPS) is 16.4. The molecule has 0 aliphatic carbocycles. The molecular weight excluding hydrogens is 244 g/mol. The Hall–Kier alpha value is -0.550. The lowest BCUT2D eigenvalue weighted by molar-refractivity contribution is 0.111. The maximum Gasteiger partial charge on any atom is 0.0789 e. The molecule has 0 saturated heterocycles. The molecule has 0 saturated carbocycles. The zero-order valence-corrected chi connectivity index (χ0v) is 12.1. The van der Waals surface area contributed by atoms with Gasteiger partial charge in [0.25, 0.3) is 0 Å². The van der Waals surface area contributed by atoms with E-state index in [1.165, 1.54) is 11.1 Å². The van der Waals surface area contributed by atoms with Crippen molar-refractivity contribution < 1.29 is 5.11 Å². The van der Waals surface area contributed by atoms with E-state index in [0.29, 0.717) is 13.1 Å². The third-order valence-corrected chi connectivity index (χ3v) is 2.95. The largest absolute Gasteiger partial charge is 0.390 e. The van der Waals surface area contributed by atoms with Crippen LogP contribution in [0.3, 0.4) is 0 Å². The predicted molar refractivity (Wildman–Crippen MR) is 79.9 cm³/mol. The van der Waals surface area contributed by atoms with Gasteiger partial charge in [-0.3, -0.25) is 4.90 Å². The maximum absolute atomic E-state index is 9.49. The Balaban J connectivity index is 0.000000492. The molecule has 1 heterocycles. The molecule has 1 aliphatic rings. The Morgan fingerprint density at radius 3 is 2.56 bits per heavy atom. The predicted octanol–water partition coefficient (Wildman–Crippen LogP) is 1.34. The fourth-order valence-corrected chi connectivity index (χ4v) is 2.08. The highest BCUT2D eigenvalue weighted by Gasteiger charge is 2.17. The number of hydrogen-bond acceptors (Lipinski definition) is 4. The first-order valence-electron chi connectivity index (χ1n) is 6.28. The molecule has 0 bridgehead atoms. The lowest BCUT2D eigenvalue weighted by Gasteiger charge is -2.29. The van der Waals surface area contributed by atoms with Crippen molar-refractivity contribution >= 4 is 11.8 Å². The van der Waals surface area contributed by atoms with Crippen molar-refractivity contribution in [2.45, 2.75) is 19.1 Å². The summed E-state index contributed by atoms with van der Waals surface area (Å²) in [5.41, 5.74) is 8.23. The summed E-state index contributed by atoms with van der Waals surface area (Å²) in [5, 5.41) is 9.49. The van der Waals surface area contributed by atoms with Crippen LogP contribution in [0, 0.1) is 0 Å². The Kier molecular flexibility index (Phi) is 7.35. The van der Waals surface area contributed by atoms with Crippen LogP contribution in [0.5, 0.6) is 0 Å². The number of aliphatic hydroxyl groups is 1. The van der Waals surface area contributed by atoms with E-state index in [9.17, 15) is 5.11 Å². The monoisotopic (exact) mass is 268 g/mol. The van der Waals surface area contributed by atoms with Gasteiger partial charge < -0.3 is 10.8 Å². The van der Waals surface area contributed by atoms with E-state index in [2.05, 4.69) is 29.2 Å². The maximum atomic E-state index is 9.49. The summed E-state index contributed by atoms with van der Waals surface area (Å²) in [7, 11) is 0. The number of fused-ring (bicyclic) bond motifs is 1. The minimum atomic E-state index is -0.393. The summed E-state index contributed by atoms with van der Waals surface area (Å²) in [6, 6.07) is 8.51. The van der Waals surface area contributed by atoms with Crippen LogP contribution in [0.4, 0.5) is 0 Å². The molecule has 2 rings (SSSR count). The fraction of sp³-hybridized carbons (Fsp3) is 0.571. The molecule has 1 aliphatic heterocycles. The highest BCUT2D eigenvalue weighted by molar-refractivity contribution is 7.97. The van der Waals surface area contributed by atoms with Crippen LogP contribution < -0.4 is 5.73 Å². The van der Waals surface area contributed by atoms with E-state index in [1.807, 2.05) is 12.5 Å². The third-order valence-electron chi connectivity index (χ3n) is 2.95. The number of nitrogens with zero attached hydrogens (tertiary/aromatic N) is 1. The van der Waals surface area contributed by atoms with Crippen molar-refractivity contribution in [3.63, 3.8) is 0 Å². The third kappa shape index (κ3) is 4.98. The first kappa shape index (κ1) is 15.5. The molecule has 3 nitrogen and oxygen atoms in total. The van der Waals surface area contributed by atoms with Crippen LogP contribution in [-0.2, 0) is 13.0 Å². The van der Waals surface area contributed by atoms with E-state index in [1.54, 1.807) is 11.8 Å². The van der Waals surface area contributed by atoms with Crippen molar-refractivity contribution in [1.29, 1.82) is 0 Å². The molecule has 18 heavy (non-hydrogen) atoms. The van der Waals surface area contributed by atoms with E-state index >= 15 is 0 Å². The first-order chi connectivity index (χ1) is 8.71. The van der Waals surface area contributed by atoms with E-state index in [4.69, 9.17) is 5.73 Å². The summed E-state index contributed by atoms with van der Waals surface area (Å²) < 4.78 is 0. The molecule has 1 aromatic rings. The Bertz CT molecular complexity index is 346. The lowest BCUT2D eigenvalue weighted by Crippen LogP contribution is -2.39. The van der Waals surface area contributed by atoms with Crippen LogP contribution in [0.15, 0.2) is 24.3 Å². The van der Waals surface area contributed by atoms with Gasteiger partial charge in [-0.15, -0.1) is 0 Å². The molecule has 102 valence electrons. The van der Waals surface area contributed by atoms with Gasteiger partial charge in [0.2, 0.25) is 0 Å². The summed E-state index contributed by atoms with van der Waals surface area (Å²) in [5.74, 6) is 0. The number of rotatable bonds is 3. The van der Waals surface area contributed by atoms with Crippen molar-refractivity contribution in [3.8, 4) is 0 Å². The zero-order valence-electron chi connectivity index (χ0n) is 11.3. The molecule has 0 spiro atoms. The topological polar surface area (TPSA) is 49.5 Å². The second kappa shape index (κ2) is 8.53. The second-order valence-corrected chi connectivity index (χ2v) is 5.37. The van der Waals surface area contributed by atoms with Gasteiger partial charge in [0.15, 0.2) is 0 Å². The van der Waals surface area contributed by atoms with Crippen molar-refractivity contribution in [3.05, 3.63) is 35.4 Å². The van der Waals surface area contributed by atoms with Crippen molar-refractivity contribution in [2.24, 2.45) is 5.73 Å². The number of hydrogen-bond donors (Lipinski definition) is 2.